The van der Waals surface area contributed by atoms with Crippen molar-refractivity contribution in [1.82, 2.24) is 0 Å². The Balaban J connectivity index is 2.24. The second-order valence-electron chi connectivity index (χ2n) is 6.09. The first-order valence-electron chi connectivity index (χ1n) is 5.85. The minimum Gasteiger partial charge on any atom is -0.201 e. The van der Waals surface area contributed by atoms with E-state index >= 15 is 0 Å². The van der Waals surface area contributed by atoms with E-state index in [1.165, 1.54) is 0 Å². The van der Waals surface area contributed by atoms with Gasteiger partial charge in [0.25, 0.3) is 5.92 Å². The first kappa shape index (κ1) is 10.2. The average Bonchev–Trinajstić information content (AvgIpc) is 2.91. The molecule has 0 aliphatic heterocycles. The molecule has 16 heavy (non-hydrogen) atoms. The van der Waals surface area contributed by atoms with E-state index in [1.807, 2.05) is 6.07 Å². The molecule has 2 heteroatoms. The maximum atomic E-state index is 13.9. The number of halogens is 2. The van der Waals surface area contributed by atoms with Crippen LogP contribution in [0.3, 0.4) is 0 Å². The molecule has 0 amide bonds. The molecule has 0 nitrogen and oxygen atoms in total. The molecule has 0 radical (unpaired) electrons. The van der Waals surface area contributed by atoms with E-state index in [0.717, 1.165) is 11.1 Å². The SMILES string of the molecule is CC(C)(C)c1cccc2c1C1CC1C2(F)F. The molecule has 3 rings (SSSR count). The number of benzene rings is 1. The summed E-state index contributed by atoms with van der Waals surface area (Å²) in [6, 6.07) is 5.39. The van der Waals surface area contributed by atoms with Crippen LogP contribution in [-0.4, -0.2) is 0 Å². The zero-order valence-corrected chi connectivity index (χ0v) is 9.85. The van der Waals surface area contributed by atoms with Crippen LogP contribution in [0.5, 0.6) is 0 Å². The lowest BCUT2D eigenvalue weighted by Gasteiger charge is -2.24. The van der Waals surface area contributed by atoms with Gasteiger partial charge in [-0.15, -0.1) is 0 Å². The minimum absolute atomic E-state index is 0.0428. The van der Waals surface area contributed by atoms with Gasteiger partial charge in [0.15, 0.2) is 0 Å². The lowest BCUT2D eigenvalue weighted by atomic mass is 9.81. The fraction of sp³-hybridized carbons (Fsp3) is 0.571. The highest BCUT2D eigenvalue weighted by molar-refractivity contribution is 5.52. The predicted octanol–water partition coefficient (Wildman–Crippen LogP) is 4.19. The molecule has 86 valence electrons. The van der Waals surface area contributed by atoms with Gasteiger partial charge in [-0.1, -0.05) is 39.0 Å². The molecule has 1 aromatic rings. The summed E-state index contributed by atoms with van der Waals surface area (Å²) in [5.41, 5.74) is 2.31. The van der Waals surface area contributed by atoms with Crippen molar-refractivity contribution in [2.75, 3.05) is 0 Å². The van der Waals surface area contributed by atoms with Gasteiger partial charge in [0, 0.05) is 11.5 Å². The second kappa shape index (κ2) is 2.66. The lowest BCUT2D eigenvalue weighted by Crippen LogP contribution is -2.17. The minimum atomic E-state index is -2.58. The number of fused-ring (bicyclic) bond motifs is 3. The summed E-state index contributed by atoms with van der Waals surface area (Å²) in [4.78, 5) is 0. The van der Waals surface area contributed by atoms with E-state index in [-0.39, 0.29) is 11.3 Å². The van der Waals surface area contributed by atoms with Crippen LogP contribution in [0, 0.1) is 5.92 Å². The Kier molecular flexibility index (Phi) is 1.71. The number of alkyl halides is 2. The van der Waals surface area contributed by atoms with E-state index in [9.17, 15) is 8.78 Å². The normalized spacial score (nSPS) is 29.8. The van der Waals surface area contributed by atoms with Crippen molar-refractivity contribution in [1.29, 1.82) is 0 Å². The highest BCUT2D eigenvalue weighted by Crippen LogP contribution is 2.68. The van der Waals surface area contributed by atoms with Crippen molar-refractivity contribution in [2.45, 2.75) is 44.4 Å². The van der Waals surface area contributed by atoms with Gasteiger partial charge in [-0.2, -0.15) is 0 Å². The van der Waals surface area contributed by atoms with Gasteiger partial charge >= 0.3 is 0 Å². The van der Waals surface area contributed by atoms with E-state index in [2.05, 4.69) is 20.8 Å². The van der Waals surface area contributed by atoms with Gasteiger partial charge < -0.3 is 0 Å². The standard InChI is InChI=1S/C14H16F2/c1-13(2,3)9-5-4-6-10-12(9)8-7-11(8)14(10,15)16/h4-6,8,11H,7H2,1-3H3. The largest absolute Gasteiger partial charge is 0.276 e. The Morgan fingerprint density at radius 3 is 2.56 bits per heavy atom. The highest BCUT2D eigenvalue weighted by atomic mass is 19.3. The highest BCUT2D eigenvalue weighted by Gasteiger charge is 2.64. The topological polar surface area (TPSA) is 0 Å². The Morgan fingerprint density at radius 1 is 1.25 bits per heavy atom. The van der Waals surface area contributed by atoms with Gasteiger partial charge in [-0.25, -0.2) is 8.78 Å². The molecule has 2 unspecified atom stereocenters. The Bertz CT molecular complexity index is 454. The van der Waals surface area contributed by atoms with Crippen LogP contribution in [0.2, 0.25) is 0 Å². The Morgan fingerprint density at radius 2 is 1.94 bits per heavy atom. The molecule has 2 aliphatic carbocycles. The van der Waals surface area contributed by atoms with Crippen LogP contribution in [0.4, 0.5) is 8.78 Å². The van der Waals surface area contributed by atoms with Crippen molar-refractivity contribution >= 4 is 0 Å². The van der Waals surface area contributed by atoms with Crippen molar-refractivity contribution < 1.29 is 8.78 Å². The Hall–Kier alpha value is -0.920. The molecule has 0 saturated heterocycles. The summed E-state index contributed by atoms with van der Waals surface area (Å²) in [5, 5.41) is 0. The average molecular weight is 222 g/mol. The van der Waals surface area contributed by atoms with E-state index < -0.39 is 11.8 Å². The molecule has 1 aromatic carbocycles. The van der Waals surface area contributed by atoms with Crippen LogP contribution in [0.1, 0.15) is 49.8 Å². The number of rotatable bonds is 0. The summed E-state index contributed by atoms with van der Waals surface area (Å²) in [6.07, 6.45) is 0.674. The second-order valence-corrected chi connectivity index (χ2v) is 6.09. The fourth-order valence-corrected chi connectivity index (χ4v) is 3.02. The van der Waals surface area contributed by atoms with E-state index in [4.69, 9.17) is 0 Å². The fourth-order valence-electron chi connectivity index (χ4n) is 3.02. The van der Waals surface area contributed by atoms with Gasteiger partial charge in [-0.05, 0) is 28.9 Å². The summed E-state index contributed by atoms with van der Waals surface area (Å²) in [6.45, 7) is 6.28. The lowest BCUT2D eigenvalue weighted by molar-refractivity contribution is -0.0224. The number of hydrogen-bond donors (Lipinski definition) is 0. The van der Waals surface area contributed by atoms with Crippen molar-refractivity contribution in [3.63, 3.8) is 0 Å². The third kappa shape index (κ3) is 1.13. The van der Waals surface area contributed by atoms with Crippen LogP contribution >= 0.6 is 0 Å². The van der Waals surface area contributed by atoms with Gasteiger partial charge in [0.2, 0.25) is 0 Å². The molecule has 1 fully saturated rings. The van der Waals surface area contributed by atoms with Crippen LogP contribution in [0.25, 0.3) is 0 Å². The van der Waals surface area contributed by atoms with Crippen LogP contribution in [0.15, 0.2) is 18.2 Å². The molecule has 0 bridgehead atoms. The molecule has 0 N–H and O–H groups in total. The molecular formula is C14H16F2. The van der Waals surface area contributed by atoms with E-state index in [1.54, 1.807) is 12.1 Å². The molecule has 0 aromatic heterocycles. The molecule has 0 heterocycles. The van der Waals surface area contributed by atoms with Crippen LogP contribution < -0.4 is 0 Å². The molecule has 0 spiro atoms. The van der Waals surface area contributed by atoms with E-state index in [0.29, 0.717) is 12.0 Å². The maximum absolute atomic E-state index is 13.9. The first-order valence-corrected chi connectivity index (χ1v) is 5.85. The molecule has 2 aliphatic rings. The third-order valence-electron chi connectivity index (χ3n) is 3.90. The van der Waals surface area contributed by atoms with Crippen molar-refractivity contribution in [3.8, 4) is 0 Å². The third-order valence-corrected chi connectivity index (χ3v) is 3.90. The Labute approximate surface area is 94.7 Å². The summed E-state index contributed by atoms with van der Waals surface area (Å²) >= 11 is 0. The summed E-state index contributed by atoms with van der Waals surface area (Å²) < 4.78 is 27.9. The van der Waals surface area contributed by atoms with Crippen molar-refractivity contribution in [3.05, 3.63) is 34.9 Å². The summed E-state index contributed by atoms with van der Waals surface area (Å²) in [5.74, 6) is -2.87. The molecular weight excluding hydrogens is 206 g/mol. The number of hydrogen-bond acceptors (Lipinski definition) is 0. The predicted molar refractivity (Wildman–Crippen MR) is 59.9 cm³/mol. The van der Waals surface area contributed by atoms with Gasteiger partial charge in [0.05, 0.1) is 0 Å². The maximum Gasteiger partial charge on any atom is 0.276 e. The molecule has 1 saturated carbocycles. The smallest absolute Gasteiger partial charge is 0.201 e. The zero-order valence-electron chi connectivity index (χ0n) is 9.85. The van der Waals surface area contributed by atoms with Crippen molar-refractivity contribution in [2.24, 2.45) is 5.92 Å². The van der Waals surface area contributed by atoms with Gasteiger partial charge in [0.1, 0.15) is 0 Å². The monoisotopic (exact) mass is 222 g/mol. The van der Waals surface area contributed by atoms with Crippen LogP contribution in [-0.2, 0) is 11.3 Å². The molecule has 2 atom stereocenters. The quantitative estimate of drug-likeness (QED) is 0.617. The summed E-state index contributed by atoms with van der Waals surface area (Å²) in [7, 11) is 0. The van der Waals surface area contributed by atoms with Gasteiger partial charge in [-0.3, -0.25) is 0 Å². The first-order chi connectivity index (χ1) is 7.33. The zero-order chi connectivity index (χ0) is 11.7.